The Morgan fingerprint density at radius 2 is 1.68 bits per heavy atom. The number of benzene rings is 2. The van der Waals surface area contributed by atoms with E-state index < -0.39 is 17.4 Å². The number of aromatic hydroxyl groups is 1. The van der Waals surface area contributed by atoms with Gasteiger partial charge in [0.15, 0.2) is 0 Å². The number of pyridine rings is 1. The van der Waals surface area contributed by atoms with Crippen LogP contribution in [0.3, 0.4) is 0 Å². The SMILES string of the molecule is C/C(=N\NC(=O)C(=O)NN)c1c(O)c2ccccc2n(-c2ccccc2)c1=O. The van der Waals surface area contributed by atoms with Gasteiger partial charge in [0.2, 0.25) is 0 Å². The Morgan fingerprint density at radius 1 is 1.04 bits per heavy atom. The van der Waals surface area contributed by atoms with Gasteiger partial charge in [0, 0.05) is 11.1 Å². The third kappa shape index (κ3) is 3.33. The monoisotopic (exact) mass is 379 g/mol. The molecule has 28 heavy (non-hydrogen) atoms. The van der Waals surface area contributed by atoms with Gasteiger partial charge < -0.3 is 5.11 Å². The van der Waals surface area contributed by atoms with Gasteiger partial charge in [-0.25, -0.2) is 11.3 Å². The Hall–Kier alpha value is -3.98. The zero-order valence-corrected chi connectivity index (χ0v) is 14.8. The third-order valence-corrected chi connectivity index (χ3v) is 4.09. The van der Waals surface area contributed by atoms with Crippen molar-refractivity contribution in [2.45, 2.75) is 6.92 Å². The van der Waals surface area contributed by atoms with Crippen molar-refractivity contribution in [2.24, 2.45) is 10.9 Å². The number of amides is 2. The van der Waals surface area contributed by atoms with E-state index >= 15 is 0 Å². The fourth-order valence-corrected chi connectivity index (χ4v) is 2.79. The van der Waals surface area contributed by atoms with Crippen LogP contribution in [0.2, 0.25) is 0 Å². The third-order valence-electron chi connectivity index (χ3n) is 4.09. The summed E-state index contributed by atoms with van der Waals surface area (Å²) < 4.78 is 1.44. The summed E-state index contributed by atoms with van der Waals surface area (Å²) >= 11 is 0. The molecule has 1 heterocycles. The van der Waals surface area contributed by atoms with Crippen molar-refractivity contribution in [3.63, 3.8) is 0 Å². The summed E-state index contributed by atoms with van der Waals surface area (Å²) in [5.74, 6) is 2.41. The van der Waals surface area contributed by atoms with Gasteiger partial charge in [0.25, 0.3) is 5.56 Å². The van der Waals surface area contributed by atoms with Crippen molar-refractivity contribution < 1.29 is 14.7 Å². The molecular formula is C19H17N5O4. The molecule has 0 aliphatic rings. The summed E-state index contributed by atoms with van der Waals surface area (Å²) in [7, 11) is 0. The van der Waals surface area contributed by atoms with E-state index in [1.165, 1.54) is 11.5 Å². The predicted octanol–water partition coefficient (Wildman–Crippen LogP) is 0.526. The number of carbonyl (C=O) groups is 2. The quantitative estimate of drug-likeness (QED) is 0.173. The number of nitrogens with one attached hydrogen (secondary N) is 2. The number of hydrazine groups is 1. The van der Waals surface area contributed by atoms with E-state index in [4.69, 9.17) is 5.84 Å². The van der Waals surface area contributed by atoms with Crippen molar-refractivity contribution in [1.29, 1.82) is 0 Å². The topological polar surface area (TPSA) is 139 Å². The van der Waals surface area contributed by atoms with E-state index in [9.17, 15) is 19.5 Å². The van der Waals surface area contributed by atoms with Crippen molar-refractivity contribution in [3.8, 4) is 11.4 Å². The fourth-order valence-electron chi connectivity index (χ4n) is 2.79. The van der Waals surface area contributed by atoms with E-state index in [2.05, 4.69) is 5.10 Å². The average Bonchev–Trinajstić information content (AvgIpc) is 2.72. The Bertz CT molecular complexity index is 1150. The van der Waals surface area contributed by atoms with Crippen LogP contribution in [0.1, 0.15) is 12.5 Å². The van der Waals surface area contributed by atoms with Crippen LogP contribution in [0.25, 0.3) is 16.6 Å². The maximum Gasteiger partial charge on any atom is 0.330 e. The Kier molecular flexibility index (Phi) is 5.18. The average molecular weight is 379 g/mol. The molecule has 3 aromatic rings. The molecule has 0 fully saturated rings. The number of hydrazone groups is 1. The summed E-state index contributed by atoms with van der Waals surface area (Å²) in [4.78, 5) is 35.9. The van der Waals surface area contributed by atoms with E-state index in [1.807, 2.05) is 11.5 Å². The Balaban J connectivity index is 2.23. The molecular weight excluding hydrogens is 362 g/mol. The van der Waals surface area contributed by atoms with E-state index in [1.54, 1.807) is 54.0 Å². The lowest BCUT2D eigenvalue weighted by Crippen LogP contribution is -2.41. The fraction of sp³-hybridized carbons (Fsp3) is 0.0526. The van der Waals surface area contributed by atoms with Gasteiger partial charge in [0.1, 0.15) is 11.3 Å². The lowest BCUT2D eigenvalue weighted by molar-refractivity contribution is -0.139. The molecule has 0 bridgehead atoms. The highest BCUT2D eigenvalue weighted by Crippen LogP contribution is 2.28. The van der Waals surface area contributed by atoms with Gasteiger partial charge in [-0.3, -0.25) is 24.4 Å². The molecule has 2 amide bonds. The predicted molar refractivity (Wildman–Crippen MR) is 104 cm³/mol. The number of rotatable bonds is 3. The van der Waals surface area contributed by atoms with Gasteiger partial charge in [0.05, 0.1) is 11.2 Å². The first-order valence-electron chi connectivity index (χ1n) is 8.23. The van der Waals surface area contributed by atoms with Crippen LogP contribution in [0.15, 0.2) is 64.5 Å². The molecule has 0 aliphatic carbocycles. The second-order valence-corrected chi connectivity index (χ2v) is 5.83. The summed E-state index contributed by atoms with van der Waals surface area (Å²) in [6.45, 7) is 1.43. The van der Waals surface area contributed by atoms with Crippen molar-refractivity contribution in [1.82, 2.24) is 15.4 Å². The number of carbonyl (C=O) groups excluding carboxylic acids is 2. The first-order chi connectivity index (χ1) is 13.5. The summed E-state index contributed by atoms with van der Waals surface area (Å²) in [5, 5.41) is 14.9. The van der Waals surface area contributed by atoms with Crippen LogP contribution in [-0.4, -0.2) is 27.2 Å². The minimum atomic E-state index is -1.11. The van der Waals surface area contributed by atoms with Crippen LogP contribution < -0.4 is 22.3 Å². The minimum Gasteiger partial charge on any atom is -0.506 e. The van der Waals surface area contributed by atoms with Crippen LogP contribution >= 0.6 is 0 Å². The second kappa shape index (κ2) is 7.72. The molecule has 2 aromatic carbocycles. The standard InChI is InChI=1S/C19H17N5O4/c1-11(22-23-18(27)17(26)21-20)15-16(25)13-9-5-6-10-14(13)24(19(15)28)12-7-3-2-4-8-12/h2-10,25H,20H2,1H3,(H,21,26)(H,23,27)/b22-11+. The number of aromatic nitrogens is 1. The van der Waals surface area contributed by atoms with Crippen molar-refractivity contribution in [3.05, 3.63) is 70.5 Å². The van der Waals surface area contributed by atoms with Gasteiger partial charge in [-0.15, -0.1) is 0 Å². The molecule has 0 saturated heterocycles. The number of nitrogens with zero attached hydrogens (tertiary/aromatic N) is 2. The van der Waals surface area contributed by atoms with Crippen molar-refractivity contribution in [2.75, 3.05) is 0 Å². The number of hydrogen-bond donors (Lipinski definition) is 4. The highest BCUT2D eigenvalue weighted by molar-refractivity contribution is 6.35. The summed E-state index contributed by atoms with van der Waals surface area (Å²) in [6.07, 6.45) is 0. The number of nitrogens with two attached hydrogens (primary N) is 1. The number of hydrogen-bond acceptors (Lipinski definition) is 6. The van der Waals surface area contributed by atoms with Crippen LogP contribution in [-0.2, 0) is 9.59 Å². The van der Waals surface area contributed by atoms with Gasteiger partial charge in [-0.2, -0.15) is 5.10 Å². The molecule has 0 spiro atoms. The van der Waals surface area contributed by atoms with Crippen LogP contribution in [0.5, 0.6) is 5.75 Å². The molecule has 142 valence electrons. The normalized spacial score (nSPS) is 11.3. The zero-order valence-electron chi connectivity index (χ0n) is 14.8. The maximum absolute atomic E-state index is 13.2. The lowest BCUT2D eigenvalue weighted by atomic mass is 10.1. The first kappa shape index (κ1) is 18.8. The minimum absolute atomic E-state index is 0.0242. The highest BCUT2D eigenvalue weighted by atomic mass is 16.3. The summed E-state index contributed by atoms with van der Waals surface area (Å²) in [6, 6.07) is 15.8. The maximum atomic E-state index is 13.2. The zero-order chi connectivity index (χ0) is 20.3. The molecule has 1 aromatic heterocycles. The van der Waals surface area contributed by atoms with Crippen LogP contribution in [0.4, 0.5) is 0 Å². The molecule has 9 nitrogen and oxygen atoms in total. The smallest absolute Gasteiger partial charge is 0.330 e. The molecule has 0 unspecified atom stereocenters. The molecule has 0 radical (unpaired) electrons. The molecule has 0 atom stereocenters. The Morgan fingerprint density at radius 3 is 2.36 bits per heavy atom. The van der Waals surface area contributed by atoms with Gasteiger partial charge in [-0.05, 0) is 31.2 Å². The molecule has 9 heteroatoms. The van der Waals surface area contributed by atoms with E-state index in [-0.39, 0.29) is 17.0 Å². The summed E-state index contributed by atoms with van der Waals surface area (Å²) in [5.41, 5.74) is 4.17. The highest BCUT2D eigenvalue weighted by Gasteiger charge is 2.20. The number of fused-ring (bicyclic) bond motifs is 1. The molecule has 3 rings (SSSR count). The largest absolute Gasteiger partial charge is 0.506 e. The van der Waals surface area contributed by atoms with Crippen molar-refractivity contribution >= 4 is 28.4 Å². The molecule has 0 aliphatic heterocycles. The first-order valence-corrected chi connectivity index (χ1v) is 8.23. The van der Waals surface area contributed by atoms with Crippen LogP contribution in [0, 0.1) is 0 Å². The molecule has 5 N–H and O–H groups in total. The molecule has 0 saturated carbocycles. The Labute approximate surface area is 159 Å². The van der Waals surface area contributed by atoms with E-state index in [0.29, 0.717) is 16.6 Å². The van der Waals surface area contributed by atoms with Gasteiger partial charge in [-0.1, -0.05) is 30.3 Å². The second-order valence-electron chi connectivity index (χ2n) is 5.83. The van der Waals surface area contributed by atoms with E-state index in [0.717, 1.165) is 0 Å². The lowest BCUT2D eigenvalue weighted by Gasteiger charge is -2.15. The van der Waals surface area contributed by atoms with Gasteiger partial charge >= 0.3 is 11.8 Å². The number of para-hydroxylation sites is 2.